The molecule has 25 heavy (non-hydrogen) atoms. The van der Waals surface area contributed by atoms with E-state index >= 15 is 0 Å². The van der Waals surface area contributed by atoms with E-state index in [1.807, 2.05) is 6.07 Å². The summed E-state index contributed by atoms with van der Waals surface area (Å²) in [5.74, 6) is 0.674. The molecule has 0 amide bonds. The summed E-state index contributed by atoms with van der Waals surface area (Å²) in [7, 11) is 0. The number of hydrogen-bond acceptors (Lipinski definition) is 5. The van der Waals surface area contributed by atoms with Crippen LogP contribution in [-0.2, 0) is 6.54 Å². The van der Waals surface area contributed by atoms with Gasteiger partial charge in [-0.2, -0.15) is 5.26 Å². The number of nitriles is 1. The van der Waals surface area contributed by atoms with E-state index in [2.05, 4.69) is 11.6 Å². The summed E-state index contributed by atoms with van der Waals surface area (Å²) in [6, 6.07) is 10.4. The number of aryl methyl sites for hydroxylation is 1. The van der Waals surface area contributed by atoms with E-state index in [4.69, 9.17) is 10.2 Å². The molecular formula is C19H16N4O2. The molecule has 3 heterocycles. The number of nitrogens with zero attached hydrogens (tertiary/aromatic N) is 3. The molecule has 0 saturated carbocycles. The van der Waals surface area contributed by atoms with Gasteiger partial charge in [0, 0.05) is 29.9 Å². The predicted molar refractivity (Wildman–Crippen MR) is 95.6 cm³/mol. The van der Waals surface area contributed by atoms with Gasteiger partial charge in [0.15, 0.2) is 5.76 Å². The van der Waals surface area contributed by atoms with E-state index in [0.717, 1.165) is 5.56 Å². The summed E-state index contributed by atoms with van der Waals surface area (Å²) >= 11 is 0. The predicted octanol–water partition coefficient (Wildman–Crippen LogP) is 3.20. The Kier molecular flexibility index (Phi) is 4.48. The van der Waals surface area contributed by atoms with Gasteiger partial charge < -0.3 is 14.7 Å². The molecule has 3 rings (SSSR count). The highest BCUT2D eigenvalue weighted by Gasteiger charge is 2.16. The second kappa shape index (κ2) is 6.89. The Morgan fingerprint density at radius 3 is 2.92 bits per heavy atom. The molecule has 0 saturated heterocycles. The first kappa shape index (κ1) is 16.3. The number of allylic oxidation sites excluding steroid dienone is 1. The monoisotopic (exact) mass is 332 g/mol. The Bertz CT molecular complexity index is 1010. The minimum Gasteiger partial charge on any atom is -0.463 e. The first-order chi connectivity index (χ1) is 12.1. The molecule has 3 aromatic heterocycles. The van der Waals surface area contributed by atoms with Crippen LogP contribution in [0.4, 0.5) is 5.82 Å². The number of rotatable bonds is 5. The van der Waals surface area contributed by atoms with Crippen molar-refractivity contribution < 1.29 is 4.42 Å². The van der Waals surface area contributed by atoms with Crippen molar-refractivity contribution in [1.82, 2.24) is 9.55 Å². The van der Waals surface area contributed by atoms with Gasteiger partial charge in [0.25, 0.3) is 5.56 Å². The molecule has 6 nitrogen and oxygen atoms in total. The Morgan fingerprint density at radius 1 is 1.40 bits per heavy atom. The van der Waals surface area contributed by atoms with E-state index in [1.54, 1.807) is 47.4 Å². The molecule has 6 heteroatoms. The normalized spacial score (nSPS) is 10.4. The first-order valence-electron chi connectivity index (χ1n) is 7.70. The van der Waals surface area contributed by atoms with Crippen LogP contribution in [0.1, 0.15) is 12.0 Å². The van der Waals surface area contributed by atoms with Gasteiger partial charge in [0.2, 0.25) is 0 Å². The molecule has 0 unspecified atom stereocenters. The molecule has 0 aliphatic heterocycles. The number of aromatic nitrogens is 2. The van der Waals surface area contributed by atoms with Crippen molar-refractivity contribution in [3.8, 4) is 28.7 Å². The Labute approximate surface area is 144 Å². The molecule has 0 spiro atoms. The van der Waals surface area contributed by atoms with E-state index in [-0.39, 0.29) is 16.9 Å². The molecule has 0 fully saturated rings. The summed E-state index contributed by atoms with van der Waals surface area (Å²) in [5, 5.41) is 9.27. The van der Waals surface area contributed by atoms with Crippen LogP contribution >= 0.6 is 0 Å². The lowest BCUT2D eigenvalue weighted by molar-refractivity contribution is 0.580. The van der Waals surface area contributed by atoms with Crippen LogP contribution in [0.15, 0.2) is 64.7 Å². The van der Waals surface area contributed by atoms with E-state index in [9.17, 15) is 10.1 Å². The van der Waals surface area contributed by atoms with Crippen LogP contribution in [0.3, 0.4) is 0 Å². The average molecular weight is 332 g/mol. The quantitative estimate of drug-likeness (QED) is 0.723. The first-order valence-corrected chi connectivity index (χ1v) is 7.70. The number of hydrogen-bond donors (Lipinski definition) is 1. The largest absolute Gasteiger partial charge is 0.463 e. The van der Waals surface area contributed by atoms with Crippen LogP contribution in [0.25, 0.3) is 22.6 Å². The Hall–Kier alpha value is -3.59. The van der Waals surface area contributed by atoms with Gasteiger partial charge in [-0.05, 0) is 30.7 Å². The van der Waals surface area contributed by atoms with Gasteiger partial charge >= 0.3 is 0 Å². The van der Waals surface area contributed by atoms with Gasteiger partial charge in [0.1, 0.15) is 17.6 Å². The molecule has 0 radical (unpaired) electrons. The van der Waals surface area contributed by atoms with Gasteiger partial charge in [0.05, 0.1) is 11.8 Å². The minimum absolute atomic E-state index is 0.103. The molecule has 0 aliphatic rings. The van der Waals surface area contributed by atoms with E-state index in [0.29, 0.717) is 30.0 Å². The van der Waals surface area contributed by atoms with Crippen LogP contribution in [0.2, 0.25) is 0 Å². The molecular weight excluding hydrogens is 316 g/mol. The highest BCUT2D eigenvalue weighted by molar-refractivity contribution is 5.81. The van der Waals surface area contributed by atoms with Gasteiger partial charge in [-0.25, -0.2) is 4.98 Å². The lowest BCUT2D eigenvalue weighted by atomic mass is 10.0. The van der Waals surface area contributed by atoms with Gasteiger partial charge in [-0.1, -0.05) is 6.08 Å². The lowest BCUT2D eigenvalue weighted by Crippen LogP contribution is -2.18. The molecule has 2 N–H and O–H groups in total. The molecule has 0 aliphatic carbocycles. The standard InChI is InChI=1S/C19H16N4O2/c1-2-3-8-23-12-13(6-7-17(23)24)15-10-14(11-20)19(21)22-18(15)16-5-4-9-25-16/h2,4-7,9-10,12H,1,3,8H2,(H2,21,22). The maximum atomic E-state index is 12.0. The molecule has 0 atom stereocenters. The topological polar surface area (TPSA) is 97.8 Å². The fourth-order valence-corrected chi connectivity index (χ4v) is 2.53. The Morgan fingerprint density at radius 2 is 2.24 bits per heavy atom. The summed E-state index contributed by atoms with van der Waals surface area (Å²) in [4.78, 5) is 16.4. The number of pyridine rings is 2. The Balaban J connectivity index is 2.21. The van der Waals surface area contributed by atoms with Crippen molar-refractivity contribution >= 4 is 5.82 Å². The van der Waals surface area contributed by atoms with Crippen molar-refractivity contribution in [3.05, 3.63) is 71.4 Å². The highest BCUT2D eigenvalue weighted by Crippen LogP contribution is 2.32. The number of furan rings is 1. The zero-order valence-corrected chi connectivity index (χ0v) is 13.5. The summed E-state index contributed by atoms with van der Waals surface area (Å²) < 4.78 is 7.05. The van der Waals surface area contributed by atoms with Crippen LogP contribution in [0, 0.1) is 11.3 Å². The maximum Gasteiger partial charge on any atom is 0.250 e. The second-order valence-electron chi connectivity index (χ2n) is 5.43. The minimum atomic E-state index is -0.103. The fourth-order valence-electron chi connectivity index (χ4n) is 2.53. The summed E-state index contributed by atoms with van der Waals surface area (Å²) in [6.45, 7) is 4.21. The number of nitrogens with two attached hydrogens (primary N) is 1. The zero-order valence-electron chi connectivity index (χ0n) is 13.5. The van der Waals surface area contributed by atoms with Crippen molar-refractivity contribution in [2.45, 2.75) is 13.0 Å². The van der Waals surface area contributed by atoms with Crippen LogP contribution in [-0.4, -0.2) is 9.55 Å². The van der Waals surface area contributed by atoms with Crippen LogP contribution < -0.4 is 11.3 Å². The number of anilines is 1. The third-order valence-corrected chi connectivity index (χ3v) is 3.80. The van der Waals surface area contributed by atoms with Crippen molar-refractivity contribution in [3.63, 3.8) is 0 Å². The summed E-state index contributed by atoms with van der Waals surface area (Å²) in [6.07, 6.45) is 5.72. The SMILES string of the molecule is C=CCCn1cc(-c2cc(C#N)c(N)nc2-c2ccco2)ccc1=O. The van der Waals surface area contributed by atoms with Crippen LogP contribution in [0.5, 0.6) is 0 Å². The van der Waals surface area contributed by atoms with Crippen molar-refractivity contribution in [2.24, 2.45) is 0 Å². The zero-order chi connectivity index (χ0) is 17.8. The molecule has 0 aromatic carbocycles. The third kappa shape index (κ3) is 3.21. The lowest BCUT2D eigenvalue weighted by Gasteiger charge is -2.11. The maximum absolute atomic E-state index is 12.0. The highest BCUT2D eigenvalue weighted by atomic mass is 16.3. The molecule has 0 bridgehead atoms. The van der Waals surface area contributed by atoms with Crippen molar-refractivity contribution in [2.75, 3.05) is 5.73 Å². The van der Waals surface area contributed by atoms with Gasteiger partial charge in [-0.15, -0.1) is 6.58 Å². The molecule has 3 aromatic rings. The van der Waals surface area contributed by atoms with Gasteiger partial charge in [-0.3, -0.25) is 4.79 Å². The smallest absolute Gasteiger partial charge is 0.250 e. The summed E-state index contributed by atoms with van der Waals surface area (Å²) in [5.41, 5.74) is 7.98. The third-order valence-electron chi connectivity index (χ3n) is 3.80. The fraction of sp³-hybridized carbons (Fsp3) is 0.105. The van der Waals surface area contributed by atoms with Crippen molar-refractivity contribution in [1.29, 1.82) is 5.26 Å². The second-order valence-corrected chi connectivity index (χ2v) is 5.43. The van der Waals surface area contributed by atoms with E-state index < -0.39 is 0 Å². The number of nitrogen functional groups attached to an aromatic ring is 1. The molecule has 124 valence electrons. The average Bonchev–Trinajstić information content (AvgIpc) is 3.15. The van der Waals surface area contributed by atoms with E-state index in [1.165, 1.54) is 6.07 Å².